The molecule has 81 valence electrons. The molecule has 0 aliphatic heterocycles. The molecule has 0 nitrogen and oxygen atoms in total. The molecule has 0 unspecified atom stereocenters. The average molecular weight is 242 g/mol. The van der Waals surface area contributed by atoms with Gasteiger partial charge in [-0.25, -0.2) is 13.2 Å². The van der Waals surface area contributed by atoms with Crippen LogP contribution in [0.2, 0.25) is 5.02 Å². The Bertz CT molecular complexity index is 518. The molecule has 0 saturated heterocycles. The van der Waals surface area contributed by atoms with Gasteiger partial charge in [0.1, 0.15) is 17.5 Å². The SMILES string of the molecule is Fc1ccc(-c2c(Cl)[c]ccc2F)c(F)c1. The summed E-state index contributed by atoms with van der Waals surface area (Å²) in [4.78, 5) is 0. The quantitative estimate of drug-likeness (QED) is 0.701. The van der Waals surface area contributed by atoms with Crippen molar-refractivity contribution in [1.29, 1.82) is 0 Å². The zero-order chi connectivity index (χ0) is 11.7. The second kappa shape index (κ2) is 4.18. The molecule has 2 aromatic carbocycles. The summed E-state index contributed by atoms with van der Waals surface area (Å²) >= 11 is 5.72. The maximum absolute atomic E-state index is 13.5. The Balaban J connectivity index is 2.68. The van der Waals surface area contributed by atoms with E-state index >= 15 is 0 Å². The molecule has 4 heteroatoms. The summed E-state index contributed by atoms with van der Waals surface area (Å²) in [6, 6.07) is 7.82. The van der Waals surface area contributed by atoms with Crippen LogP contribution in [-0.2, 0) is 0 Å². The first kappa shape index (κ1) is 11.0. The van der Waals surface area contributed by atoms with Gasteiger partial charge >= 0.3 is 0 Å². The van der Waals surface area contributed by atoms with Gasteiger partial charge < -0.3 is 0 Å². The van der Waals surface area contributed by atoms with Gasteiger partial charge in [0.15, 0.2) is 0 Å². The van der Waals surface area contributed by atoms with Crippen LogP contribution in [0.1, 0.15) is 0 Å². The van der Waals surface area contributed by atoms with Gasteiger partial charge in [-0.15, -0.1) is 0 Å². The van der Waals surface area contributed by atoms with E-state index in [9.17, 15) is 13.2 Å². The topological polar surface area (TPSA) is 0 Å². The van der Waals surface area contributed by atoms with Crippen molar-refractivity contribution < 1.29 is 13.2 Å². The van der Waals surface area contributed by atoms with Crippen LogP contribution in [0.4, 0.5) is 13.2 Å². The lowest BCUT2D eigenvalue weighted by atomic mass is 10.0. The van der Waals surface area contributed by atoms with E-state index in [1.54, 1.807) is 0 Å². The Labute approximate surface area is 95.3 Å². The summed E-state index contributed by atoms with van der Waals surface area (Å²) in [7, 11) is 0. The molecule has 0 atom stereocenters. The normalized spacial score (nSPS) is 10.5. The van der Waals surface area contributed by atoms with E-state index in [0.717, 1.165) is 18.2 Å². The lowest BCUT2D eigenvalue weighted by Crippen LogP contribution is -1.91. The van der Waals surface area contributed by atoms with Crippen molar-refractivity contribution in [2.45, 2.75) is 0 Å². The molecule has 0 amide bonds. The fourth-order valence-corrected chi connectivity index (χ4v) is 1.64. The van der Waals surface area contributed by atoms with Gasteiger partial charge in [-0.05, 0) is 24.3 Å². The van der Waals surface area contributed by atoms with Crippen molar-refractivity contribution >= 4 is 11.6 Å². The Morgan fingerprint density at radius 2 is 1.75 bits per heavy atom. The Morgan fingerprint density at radius 1 is 1.00 bits per heavy atom. The van der Waals surface area contributed by atoms with E-state index in [-0.39, 0.29) is 16.1 Å². The van der Waals surface area contributed by atoms with E-state index in [1.165, 1.54) is 6.07 Å². The molecule has 0 aliphatic carbocycles. The van der Waals surface area contributed by atoms with E-state index in [1.807, 2.05) is 0 Å². The summed E-state index contributed by atoms with van der Waals surface area (Å²) in [5, 5.41) is -0.0366. The zero-order valence-electron chi connectivity index (χ0n) is 7.90. The van der Waals surface area contributed by atoms with E-state index in [2.05, 4.69) is 6.07 Å². The molecule has 0 bridgehead atoms. The molecule has 16 heavy (non-hydrogen) atoms. The van der Waals surface area contributed by atoms with Crippen LogP contribution in [0.3, 0.4) is 0 Å². The molecule has 0 saturated carbocycles. The highest BCUT2D eigenvalue weighted by atomic mass is 35.5. The maximum atomic E-state index is 13.5. The lowest BCUT2D eigenvalue weighted by molar-refractivity contribution is 0.582. The highest BCUT2D eigenvalue weighted by Crippen LogP contribution is 2.32. The van der Waals surface area contributed by atoms with Crippen molar-refractivity contribution in [2.75, 3.05) is 0 Å². The zero-order valence-corrected chi connectivity index (χ0v) is 8.65. The predicted molar refractivity (Wildman–Crippen MR) is 55.6 cm³/mol. The molecular weight excluding hydrogens is 237 g/mol. The molecule has 0 spiro atoms. The number of hydrogen-bond acceptors (Lipinski definition) is 0. The largest absolute Gasteiger partial charge is 0.207 e. The molecule has 1 radical (unpaired) electrons. The summed E-state index contributed by atoms with van der Waals surface area (Å²) in [5.41, 5.74) is -0.192. The molecule has 2 rings (SSSR count). The van der Waals surface area contributed by atoms with Gasteiger partial charge in [0.2, 0.25) is 0 Å². The molecule has 2 aromatic rings. The van der Waals surface area contributed by atoms with Crippen LogP contribution >= 0.6 is 11.6 Å². The van der Waals surface area contributed by atoms with Gasteiger partial charge in [-0.1, -0.05) is 11.6 Å². The molecule has 0 aliphatic rings. The second-order valence-electron chi connectivity index (χ2n) is 3.14. The lowest BCUT2D eigenvalue weighted by Gasteiger charge is -2.06. The van der Waals surface area contributed by atoms with Gasteiger partial charge in [0.25, 0.3) is 0 Å². The van der Waals surface area contributed by atoms with E-state index in [0.29, 0.717) is 6.07 Å². The number of hydrogen-bond donors (Lipinski definition) is 0. The minimum atomic E-state index is -0.861. The van der Waals surface area contributed by atoms with Crippen molar-refractivity contribution in [2.24, 2.45) is 0 Å². The molecular formula is C12H5ClF3. The molecule has 0 fully saturated rings. The average Bonchev–Trinajstić information content (AvgIpc) is 2.20. The van der Waals surface area contributed by atoms with Crippen LogP contribution < -0.4 is 0 Å². The second-order valence-corrected chi connectivity index (χ2v) is 3.52. The third-order valence-corrected chi connectivity index (χ3v) is 2.40. The van der Waals surface area contributed by atoms with Crippen LogP contribution in [0.25, 0.3) is 11.1 Å². The number of rotatable bonds is 1. The summed E-state index contributed by atoms with van der Waals surface area (Å²) in [6.07, 6.45) is 0. The smallest absolute Gasteiger partial charge is 0.134 e. The summed E-state index contributed by atoms with van der Waals surface area (Å²) < 4.78 is 39.6. The highest BCUT2D eigenvalue weighted by Gasteiger charge is 2.14. The Kier molecular flexibility index (Phi) is 2.88. The molecule has 0 aromatic heterocycles. The van der Waals surface area contributed by atoms with Crippen molar-refractivity contribution in [1.82, 2.24) is 0 Å². The summed E-state index contributed by atoms with van der Waals surface area (Å²) in [5.74, 6) is -2.26. The van der Waals surface area contributed by atoms with Crippen molar-refractivity contribution in [3.05, 3.63) is 58.9 Å². The third kappa shape index (κ3) is 1.91. The van der Waals surface area contributed by atoms with Crippen molar-refractivity contribution in [3.8, 4) is 11.1 Å². The van der Waals surface area contributed by atoms with Crippen LogP contribution in [0.15, 0.2) is 30.3 Å². The Morgan fingerprint density at radius 3 is 2.38 bits per heavy atom. The number of halogens is 4. The molecule has 0 heterocycles. The van der Waals surface area contributed by atoms with Crippen LogP contribution in [0.5, 0.6) is 0 Å². The van der Waals surface area contributed by atoms with Gasteiger partial charge in [0.05, 0.1) is 5.02 Å². The van der Waals surface area contributed by atoms with Crippen LogP contribution in [-0.4, -0.2) is 0 Å². The Hall–Kier alpha value is -1.48. The molecule has 0 N–H and O–H groups in total. The van der Waals surface area contributed by atoms with Gasteiger partial charge in [0, 0.05) is 23.3 Å². The van der Waals surface area contributed by atoms with Crippen LogP contribution in [0, 0.1) is 23.5 Å². The fraction of sp³-hybridized carbons (Fsp3) is 0. The maximum Gasteiger partial charge on any atom is 0.134 e. The highest BCUT2D eigenvalue weighted by molar-refractivity contribution is 6.33. The first-order valence-corrected chi connectivity index (χ1v) is 4.78. The predicted octanol–water partition coefficient (Wildman–Crippen LogP) is 4.22. The van der Waals surface area contributed by atoms with Gasteiger partial charge in [-0.2, -0.15) is 0 Å². The monoisotopic (exact) mass is 241 g/mol. The van der Waals surface area contributed by atoms with Crippen molar-refractivity contribution in [3.63, 3.8) is 0 Å². The summed E-state index contributed by atoms with van der Waals surface area (Å²) in [6.45, 7) is 0. The first-order valence-electron chi connectivity index (χ1n) is 4.40. The fourth-order valence-electron chi connectivity index (χ4n) is 1.39. The third-order valence-electron chi connectivity index (χ3n) is 2.10. The first-order chi connectivity index (χ1) is 7.59. The number of benzene rings is 2. The standard InChI is InChI=1S/C12H5ClF3/c13-9-2-1-3-10(15)12(9)8-5-4-7(14)6-11(8)16/h1,3-6H. The minimum Gasteiger partial charge on any atom is -0.207 e. The van der Waals surface area contributed by atoms with Gasteiger partial charge in [-0.3, -0.25) is 0 Å². The van der Waals surface area contributed by atoms with E-state index in [4.69, 9.17) is 11.6 Å². The van der Waals surface area contributed by atoms with E-state index < -0.39 is 17.5 Å². The minimum absolute atomic E-state index is 0.0366.